The van der Waals surface area contributed by atoms with Crippen molar-refractivity contribution in [3.8, 4) is 0 Å². The van der Waals surface area contributed by atoms with Gasteiger partial charge in [-0.1, -0.05) is 0 Å². The minimum Gasteiger partial charge on any atom is -0.373 e. The number of carbonyl (C=O) groups excluding carboxylic acids is 1. The number of nitrogens with one attached hydrogen (secondary N) is 1. The van der Waals surface area contributed by atoms with E-state index in [0.717, 1.165) is 24.8 Å². The maximum absolute atomic E-state index is 12.0. The van der Waals surface area contributed by atoms with Gasteiger partial charge in [0.1, 0.15) is 0 Å². The molecule has 5 heteroatoms. The average molecular weight is 267 g/mol. The van der Waals surface area contributed by atoms with Gasteiger partial charge >= 0.3 is 0 Å². The molecule has 1 amide bonds. The Balaban J connectivity index is 1.56. The van der Waals surface area contributed by atoms with Crippen LogP contribution in [0, 0.1) is 0 Å². The van der Waals surface area contributed by atoms with Crippen molar-refractivity contribution in [2.75, 3.05) is 13.2 Å². The number of ether oxygens (including phenoxy) is 2. The van der Waals surface area contributed by atoms with Crippen molar-refractivity contribution in [1.82, 2.24) is 5.32 Å². The van der Waals surface area contributed by atoms with Gasteiger partial charge in [-0.05, 0) is 30.7 Å². The molecule has 0 radical (unpaired) electrons. The largest absolute Gasteiger partial charge is 0.373 e. The molecule has 2 heterocycles. The predicted octanol–water partition coefficient (Wildman–Crippen LogP) is 1.81. The fourth-order valence-corrected chi connectivity index (χ4v) is 3.30. The van der Waals surface area contributed by atoms with Crippen LogP contribution >= 0.6 is 11.3 Å². The smallest absolute Gasteiger partial charge is 0.252 e. The molecule has 3 rings (SSSR count). The third kappa shape index (κ3) is 2.58. The molecule has 3 atom stereocenters. The van der Waals surface area contributed by atoms with Crippen LogP contribution in [0.3, 0.4) is 0 Å². The summed E-state index contributed by atoms with van der Waals surface area (Å²) in [6.07, 6.45) is 3.19. The molecular formula is C13H17NO3S. The van der Waals surface area contributed by atoms with E-state index >= 15 is 0 Å². The summed E-state index contributed by atoms with van der Waals surface area (Å²) in [5.41, 5.74) is 0.753. The molecule has 1 aromatic heterocycles. The van der Waals surface area contributed by atoms with Crippen LogP contribution in [0.25, 0.3) is 0 Å². The Morgan fingerprint density at radius 3 is 2.89 bits per heavy atom. The molecule has 0 bridgehead atoms. The van der Waals surface area contributed by atoms with Crippen LogP contribution in [0.15, 0.2) is 16.8 Å². The van der Waals surface area contributed by atoms with E-state index in [2.05, 4.69) is 5.32 Å². The van der Waals surface area contributed by atoms with E-state index in [1.54, 1.807) is 11.3 Å². The second-order valence-electron chi connectivity index (χ2n) is 4.81. The van der Waals surface area contributed by atoms with Gasteiger partial charge in [-0.2, -0.15) is 11.3 Å². The molecule has 18 heavy (non-hydrogen) atoms. The molecule has 1 aliphatic carbocycles. The van der Waals surface area contributed by atoms with Crippen molar-refractivity contribution in [1.29, 1.82) is 0 Å². The third-order valence-electron chi connectivity index (χ3n) is 3.60. The number of fused-ring (bicyclic) bond motifs is 1. The molecule has 0 spiro atoms. The first-order valence-corrected chi connectivity index (χ1v) is 7.33. The van der Waals surface area contributed by atoms with Gasteiger partial charge in [0.15, 0.2) is 0 Å². The Labute approximate surface area is 110 Å². The second kappa shape index (κ2) is 5.38. The second-order valence-corrected chi connectivity index (χ2v) is 5.59. The van der Waals surface area contributed by atoms with E-state index in [1.807, 2.05) is 16.8 Å². The molecule has 2 fully saturated rings. The molecule has 2 aliphatic rings. The lowest BCUT2D eigenvalue weighted by Gasteiger charge is -2.39. The predicted molar refractivity (Wildman–Crippen MR) is 68.9 cm³/mol. The Hall–Kier alpha value is -0.910. The number of rotatable bonds is 2. The number of thiophene rings is 1. The van der Waals surface area contributed by atoms with E-state index in [-0.39, 0.29) is 24.2 Å². The summed E-state index contributed by atoms with van der Waals surface area (Å²) in [6.45, 7) is 1.37. The highest BCUT2D eigenvalue weighted by atomic mass is 32.1. The van der Waals surface area contributed by atoms with Crippen LogP contribution in [0.5, 0.6) is 0 Å². The summed E-state index contributed by atoms with van der Waals surface area (Å²) in [6, 6.07) is 2.06. The molecule has 0 aromatic carbocycles. The van der Waals surface area contributed by atoms with Gasteiger partial charge in [-0.3, -0.25) is 4.79 Å². The topological polar surface area (TPSA) is 47.6 Å². The third-order valence-corrected chi connectivity index (χ3v) is 4.28. The van der Waals surface area contributed by atoms with E-state index in [9.17, 15) is 4.79 Å². The standard InChI is InChI=1S/C13H17NO3S/c15-13(9-3-6-18-8-9)14-10-1-2-11-12(7-10)17-5-4-16-11/h3,6,8,10-12H,1-2,4-5,7H2,(H,14,15)/t10-,11+,12-/m1/s1. The van der Waals surface area contributed by atoms with Gasteiger partial charge in [-0.15, -0.1) is 0 Å². The van der Waals surface area contributed by atoms with Gasteiger partial charge < -0.3 is 14.8 Å². The van der Waals surface area contributed by atoms with E-state index in [0.29, 0.717) is 13.2 Å². The van der Waals surface area contributed by atoms with Gasteiger partial charge in [0.05, 0.1) is 25.4 Å². The van der Waals surface area contributed by atoms with E-state index in [1.165, 1.54) is 0 Å². The maximum Gasteiger partial charge on any atom is 0.252 e. The van der Waals surface area contributed by atoms with Crippen molar-refractivity contribution in [3.05, 3.63) is 22.4 Å². The molecule has 1 saturated carbocycles. The zero-order valence-electron chi connectivity index (χ0n) is 10.1. The van der Waals surface area contributed by atoms with Crippen LogP contribution in [-0.4, -0.2) is 37.4 Å². The highest BCUT2D eigenvalue weighted by Crippen LogP contribution is 2.27. The first-order valence-electron chi connectivity index (χ1n) is 6.39. The van der Waals surface area contributed by atoms with E-state index in [4.69, 9.17) is 9.47 Å². The van der Waals surface area contributed by atoms with Crippen LogP contribution in [0.4, 0.5) is 0 Å². The normalized spacial score (nSPS) is 31.7. The summed E-state index contributed by atoms with van der Waals surface area (Å²) in [5.74, 6) is 0.0245. The van der Waals surface area contributed by atoms with Crippen LogP contribution < -0.4 is 5.32 Å². The molecule has 98 valence electrons. The minimum absolute atomic E-state index is 0.0245. The number of hydrogen-bond acceptors (Lipinski definition) is 4. The van der Waals surface area contributed by atoms with Crippen LogP contribution in [-0.2, 0) is 9.47 Å². The Morgan fingerprint density at radius 2 is 2.11 bits per heavy atom. The summed E-state index contributed by atoms with van der Waals surface area (Å²) in [4.78, 5) is 12.0. The fourth-order valence-electron chi connectivity index (χ4n) is 2.66. The number of carbonyl (C=O) groups is 1. The minimum atomic E-state index is 0.0245. The number of hydrogen-bond donors (Lipinski definition) is 1. The SMILES string of the molecule is O=C(N[C@@H]1CC[C@@H]2OCCO[C@@H]2C1)c1ccsc1. The monoisotopic (exact) mass is 267 g/mol. The molecule has 0 unspecified atom stereocenters. The Bertz CT molecular complexity index is 406. The lowest BCUT2D eigenvalue weighted by atomic mass is 9.89. The zero-order chi connectivity index (χ0) is 12.4. The molecule has 1 saturated heterocycles. The number of amides is 1. The van der Waals surface area contributed by atoms with Crippen molar-refractivity contribution in [2.24, 2.45) is 0 Å². The zero-order valence-corrected chi connectivity index (χ0v) is 10.9. The molecular weight excluding hydrogens is 250 g/mol. The average Bonchev–Trinajstić information content (AvgIpc) is 2.92. The first-order chi connectivity index (χ1) is 8.83. The lowest BCUT2D eigenvalue weighted by molar-refractivity contribution is -0.157. The van der Waals surface area contributed by atoms with Crippen LogP contribution in [0.1, 0.15) is 29.6 Å². The highest BCUT2D eigenvalue weighted by Gasteiger charge is 2.34. The van der Waals surface area contributed by atoms with Crippen molar-refractivity contribution < 1.29 is 14.3 Å². The van der Waals surface area contributed by atoms with Crippen molar-refractivity contribution in [2.45, 2.75) is 37.5 Å². The first kappa shape index (κ1) is 12.1. The maximum atomic E-state index is 12.0. The van der Waals surface area contributed by atoms with Crippen LogP contribution in [0.2, 0.25) is 0 Å². The molecule has 1 aliphatic heterocycles. The molecule has 1 N–H and O–H groups in total. The summed E-state index contributed by atoms with van der Waals surface area (Å²) >= 11 is 1.54. The lowest BCUT2D eigenvalue weighted by Crippen LogP contribution is -2.49. The van der Waals surface area contributed by atoms with Gasteiger partial charge in [0, 0.05) is 17.0 Å². The molecule has 4 nitrogen and oxygen atoms in total. The quantitative estimate of drug-likeness (QED) is 0.889. The van der Waals surface area contributed by atoms with Gasteiger partial charge in [0.2, 0.25) is 0 Å². The fraction of sp³-hybridized carbons (Fsp3) is 0.615. The van der Waals surface area contributed by atoms with Crippen molar-refractivity contribution >= 4 is 17.2 Å². The summed E-state index contributed by atoms with van der Waals surface area (Å²) in [5, 5.41) is 6.88. The molecule has 1 aromatic rings. The van der Waals surface area contributed by atoms with Gasteiger partial charge in [-0.25, -0.2) is 0 Å². The summed E-state index contributed by atoms with van der Waals surface area (Å²) in [7, 11) is 0. The van der Waals surface area contributed by atoms with E-state index < -0.39 is 0 Å². The van der Waals surface area contributed by atoms with Gasteiger partial charge in [0.25, 0.3) is 5.91 Å². The Kier molecular flexibility index (Phi) is 3.63. The Morgan fingerprint density at radius 1 is 1.28 bits per heavy atom. The van der Waals surface area contributed by atoms with Crippen molar-refractivity contribution in [3.63, 3.8) is 0 Å². The summed E-state index contributed by atoms with van der Waals surface area (Å²) < 4.78 is 11.4. The highest BCUT2D eigenvalue weighted by molar-refractivity contribution is 7.08.